The summed E-state index contributed by atoms with van der Waals surface area (Å²) >= 11 is 5.98. The first-order chi connectivity index (χ1) is 9.86. The highest BCUT2D eigenvalue weighted by atomic mass is 35.5. The van der Waals surface area contributed by atoms with Gasteiger partial charge in [-0.25, -0.2) is 8.42 Å². The van der Waals surface area contributed by atoms with E-state index in [-0.39, 0.29) is 11.4 Å². The summed E-state index contributed by atoms with van der Waals surface area (Å²) in [5.41, 5.74) is 7.79. The Morgan fingerprint density at radius 1 is 1.19 bits per heavy atom. The van der Waals surface area contributed by atoms with Crippen LogP contribution in [-0.4, -0.2) is 15.5 Å². The van der Waals surface area contributed by atoms with Crippen LogP contribution in [0.25, 0.3) is 0 Å². The monoisotopic (exact) mass is 324 g/mol. The Bertz CT molecular complexity index is 760. The van der Waals surface area contributed by atoms with Gasteiger partial charge in [-0.15, -0.1) is 0 Å². The van der Waals surface area contributed by atoms with E-state index in [1.165, 1.54) is 23.5 Å². The minimum Gasteiger partial charge on any atom is -0.326 e. The topological polar surface area (TPSA) is 63.4 Å². The molecule has 0 radical (unpaired) electrons. The Hall–Kier alpha value is -1.56. The third-order valence-corrected chi connectivity index (χ3v) is 5.41. The molecular formula is C15H17ClN2O2S. The zero-order valence-corrected chi connectivity index (χ0v) is 13.4. The highest BCUT2D eigenvalue weighted by Crippen LogP contribution is 2.25. The van der Waals surface area contributed by atoms with Gasteiger partial charge < -0.3 is 5.73 Å². The first-order valence-electron chi connectivity index (χ1n) is 6.40. The predicted octanol–water partition coefficient (Wildman–Crippen LogP) is 2.93. The molecule has 4 nitrogen and oxygen atoms in total. The van der Waals surface area contributed by atoms with E-state index in [2.05, 4.69) is 0 Å². The van der Waals surface area contributed by atoms with E-state index >= 15 is 0 Å². The minimum absolute atomic E-state index is 0.177. The maximum atomic E-state index is 12.7. The molecular weight excluding hydrogens is 308 g/mol. The molecule has 0 heterocycles. The number of nitrogens with two attached hydrogens (primary N) is 1. The number of aryl methyl sites for hydroxylation is 1. The number of hydrogen-bond acceptors (Lipinski definition) is 3. The summed E-state index contributed by atoms with van der Waals surface area (Å²) in [6.07, 6.45) is 0. The summed E-state index contributed by atoms with van der Waals surface area (Å²) in [5, 5.41) is 0.467. The lowest BCUT2D eigenvalue weighted by atomic mass is 10.2. The summed E-state index contributed by atoms with van der Waals surface area (Å²) in [7, 11) is -2.11. The molecule has 112 valence electrons. The predicted molar refractivity (Wildman–Crippen MR) is 86.1 cm³/mol. The molecule has 0 atom stereocenters. The molecule has 0 bridgehead atoms. The molecule has 0 amide bonds. The molecule has 0 aliphatic heterocycles. The molecule has 0 saturated heterocycles. The number of benzene rings is 2. The number of hydrogen-bond donors (Lipinski definition) is 1. The van der Waals surface area contributed by atoms with Gasteiger partial charge in [-0.05, 0) is 48.4 Å². The van der Waals surface area contributed by atoms with Gasteiger partial charge in [-0.1, -0.05) is 23.7 Å². The molecule has 2 aromatic carbocycles. The number of rotatable bonds is 4. The SMILES string of the molecule is Cc1cccc(N(C)S(=O)(=O)c2ccc(Cl)c(CN)c2)c1. The van der Waals surface area contributed by atoms with Crippen molar-refractivity contribution in [1.29, 1.82) is 0 Å². The molecule has 0 unspecified atom stereocenters. The van der Waals surface area contributed by atoms with Gasteiger partial charge in [0.1, 0.15) is 0 Å². The second-order valence-electron chi connectivity index (χ2n) is 4.77. The van der Waals surface area contributed by atoms with Crippen LogP contribution >= 0.6 is 11.6 Å². The second-order valence-corrected chi connectivity index (χ2v) is 7.15. The highest BCUT2D eigenvalue weighted by molar-refractivity contribution is 7.92. The molecule has 2 N–H and O–H groups in total. The molecule has 2 aromatic rings. The summed E-state index contributed by atoms with van der Waals surface area (Å²) in [6.45, 7) is 2.11. The third kappa shape index (κ3) is 3.20. The van der Waals surface area contributed by atoms with Crippen LogP contribution in [-0.2, 0) is 16.6 Å². The average Bonchev–Trinajstić information content (AvgIpc) is 2.46. The minimum atomic E-state index is -3.64. The maximum Gasteiger partial charge on any atom is 0.264 e. The fourth-order valence-corrected chi connectivity index (χ4v) is 3.42. The fourth-order valence-electron chi connectivity index (χ4n) is 1.99. The summed E-state index contributed by atoms with van der Waals surface area (Å²) in [5.74, 6) is 0. The quantitative estimate of drug-likeness (QED) is 0.940. The molecule has 0 saturated carbocycles. The fraction of sp³-hybridized carbons (Fsp3) is 0.200. The van der Waals surface area contributed by atoms with Gasteiger partial charge in [-0.2, -0.15) is 0 Å². The molecule has 0 aromatic heterocycles. The Balaban J connectivity index is 2.46. The molecule has 6 heteroatoms. The van der Waals surface area contributed by atoms with E-state index < -0.39 is 10.0 Å². The van der Waals surface area contributed by atoms with Crippen molar-refractivity contribution in [3.05, 3.63) is 58.6 Å². The van der Waals surface area contributed by atoms with Crippen molar-refractivity contribution in [2.45, 2.75) is 18.4 Å². The summed E-state index contributed by atoms with van der Waals surface area (Å²) < 4.78 is 26.6. The van der Waals surface area contributed by atoms with Crippen LogP contribution in [0.15, 0.2) is 47.4 Å². The van der Waals surface area contributed by atoms with E-state index in [0.29, 0.717) is 16.3 Å². The standard InChI is InChI=1S/C15H17ClN2O2S/c1-11-4-3-5-13(8-11)18(2)21(19,20)14-6-7-15(16)12(9-14)10-17/h3-9H,10,17H2,1-2H3. The Kier molecular flexibility index (Phi) is 4.56. The van der Waals surface area contributed by atoms with Gasteiger partial charge in [0.2, 0.25) is 0 Å². The van der Waals surface area contributed by atoms with Crippen molar-refractivity contribution in [2.24, 2.45) is 5.73 Å². The lowest BCUT2D eigenvalue weighted by Crippen LogP contribution is -2.26. The number of nitrogens with zero attached hydrogens (tertiary/aromatic N) is 1. The second kappa shape index (κ2) is 6.05. The lowest BCUT2D eigenvalue weighted by Gasteiger charge is -2.20. The lowest BCUT2D eigenvalue weighted by molar-refractivity contribution is 0.594. The van der Waals surface area contributed by atoms with Crippen LogP contribution in [0, 0.1) is 6.92 Å². The van der Waals surface area contributed by atoms with Gasteiger partial charge in [-0.3, -0.25) is 4.31 Å². The van der Waals surface area contributed by atoms with Crippen LogP contribution < -0.4 is 10.0 Å². The van der Waals surface area contributed by atoms with Crippen molar-refractivity contribution in [1.82, 2.24) is 0 Å². The number of sulfonamides is 1. The van der Waals surface area contributed by atoms with Crippen molar-refractivity contribution in [3.8, 4) is 0 Å². The van der Waals surface area contributed by atoms with E-state index in [9.17, 15) is 8.42 Å². The maximum absolute atomic E-state index is 12.7. The molecule has 2 rings (SSSR count). The Labute approximate surface area is 130 Å². The first-order valence-corrected chi connectivity index (χ1v) is 8.22. The number of anilines is 1. The van der Waals surface area contributed by atoms with Crippen molar-refractivity contribution >= 4 is 27.3 Å². The van der Waals surface area contributed by atoms with Crippen LogP contribution in [0.2, 0.25) is 5.02 Å². The van der Waals surface area contributed by atoms with Crippen LogP contribution in [0.4, 0.5) is 5.69 Å². The van der Waals surface area contributed by atoms with Crippen LogP contribution in [0.3, 0.4) is 0 Å². The van der Waals surface area contributed by atoms with Crippen LogP contribution in [0.5, 0.6) is 0 Å². The zero-order valence-electron chi connectivity index (χ0n) is 11.9. The molecule has 21 heavy (non-hydrogen) atoms. The van der Waals surface area contributed by atoms with Crippen molar-refractivity contribution in [2.75, 3.05) is 11.4 Å². The molecule has 0 fully saturated rings. The van der Waals surface area contributed by atoms with E-state index in [1.807, 2.05) is 25.1 Å². The highest BCUT2D eigenvalue weighted by Gasteiger charge is 2.22. The first kappa shape index (κ1) is 15.8. The van der Waals surface area contributed by atoms with Gasteiger partial charge >= 0.3 is 0 Å². The van der Waals surface area contributed by atoms with Gasteiger partial charge in [0.25, 0.3) is 10.0 Å². The molecule has 0 aliphatic rings. The number of halogens is 1. The summed E-state index contributed by atoms with van der Waals surface area (Å²) in [6, 6.07) is 11.9. The molecule has 0 spiro atoms. The Morgan fingerprint density at radius 2 is 1.90 bits per heavy atom. The van der Waals surface area contributed by atoms with Crippen molar-refractivity contribution in [3.63, 3.8) is 0 Å². The zero-order chi connectivity index (χ0) is 15.6. The summed E-state index contributed by atoms with van der Waals surface area (Å²) in [4.78, 5) is 0.177. The van der Waals surface area contributed by atoms with Gasteiger partial charge in [0.15, 0.2) is 0 Å². The average molecular weight is 325 g/mol. The normalized spacial score (nSPS) is 11.4. The smallest absolute Gasteiger partial charge is 0.264 e. The van der Waals surface area contributed by atoms with Gasteiger partial charge in [0, 0.05) is 18.6 Å². The van der Waals surface area contributed by atoms with E-state index in [0.717, 1.165) is 5.56 Å². The third-order valence-electron chi connectivity index (χ3n) is 3.26. The van der Waals surface area contributed by atoms with Crippen molar-refractivity contribution < 1.29 is 8.42 Å². The Morgan fingerprint density at radius 3 is 2.52 bits per heavy atom. The van der Waals surface area contributed by atoms with E-state index in [1.54, 1.807) is 12.1 Å². The van der Waals surface area contributed by atoms with E-state index in [4.69, 9.17) is 17.3 Å². The van der Waals surface area contributed by atoms with Crippen LogP contribution in [0.1, 0.15) is 11.1 Å². The van der Waals surface area contributed by atoms with Gasteiger partial charge in [0.05, 0.1) is 10.6 Å². The molecule has 0 aliphatic carbocycles. The largest absolute Gasteiger partial charge is 0.326 e.